The van der Waals surface area contributed by atoms with Gasteiger partial charge in [0.1, 0.15) is 18.0 Å². The molecule has 0 aliphatic heterocycles. The zero-order chi connectivity index (χ0) is 23.4. The molecule has 6 heteroatoms. The number of nitrogens with zero attached hydrogens (tertiary/aromatic N) is 1. The summed E-state index contributed by atoms with van der Waals surface area (Å²) < 4.78 is 11.0. The van der Waals surface area contributed by atoms with Crippen molar-refractivity contribution >= 4 is 12.1 Å². The molecule has 0 saturated carbocycles. The molecular weight excluding hydrogens is 394 g/mol. The molecule has 0 fully saturated rings. The normalized spacial score (nSPS) is 12.7. The summed E-state index contributed by atoms with van der Waals surface area (Å²) in [4.78, 5) is 27.1. The second-order valence-electron chi connectivity index (χ2n) is 9.61. The van der Waals surface area contributed by atoms with Crippen molar-refractivity contribution in [3.05, 3.63) is 65.2 Å². The third-order valence-corrected chi connectivity index (χ3v) is 4.66. The van der Waals surface area contributed by atoms with Crippen molar-refractivity contribution in [1.29, 1.82) is 0 Å². The van der Waals surface area contributed by atoms with Crippen LogP contribution in [-0.4, -0.2) is 34.7 Å². The van der Waals surface area contributed by atoms with Gasteiger partial charge in [-0.15, -0.1) is 0 Å². The first-order valence-electron chi connectivity index (χ1n) is 10.3. The van der Waals surface area contributed by atoms with Gasteiger partial charge in [-0.3, -0.25) is 4.90 Å². The molecule has 2 rings (SSSR count). The van der Waals surface area contributed by atoms with E-state index in [1.54, 1.807) is 32.9 Å². The number of benzene rings is 2. The maximum Gasteiger partial charge on any atom is 0.411 e. The van der Waals surface area contributed by atoms with Gasteiger partial charge in [0.25, 0.3) is 0 Å². The number of phenols is 1. The van der Waals surface area contributed by atoms with Gasteiger partial charge in [-0.2, -0.15) is 0 Å². The molecule has 0 heterocycles. The Labute approximate surface area is 184 Å². The molecule has 2 aromatic carbocycles. The van der Waals surface area contributed by atoms with E-state index in [-0.39, 0.29) is 17.8 Å². The number of likely N-dealkylation sites (N-methyl/N-ethyl adjacent to an activating group) is 1. The van der Waals surface area contributed by atoms with E-state index in [0.29, 0.717) is 11.1 Å². The summed E-state index contributed by atoms with van der Waals surface area (Å²) in [6, 6.07) is 13.2. The molecule has 2 aromatic rings. The molecule has 1 amide bonds. The van der Waals surface area contributed by atoms with E-state index in [2.05, 4.69) is 0 Å². The molecule has 1 atom stereocenters. The lowest BCUT2D eigenvalue weighted by Gasteiger charge is -2.30. The lowest BCUT2D eigenvalue weighted by Crippen LogP contribution is -2.40. The number of carbonyl (C=O) groups excluding carboxylic acids is 2. The maximum absolute atomic E-state index is 13.1. The zero-order valence-corrected chi connectivity index (χ0v) is 19.4. The van der Waals surface area contributed by atoms with Crippen LogP contribution in [0.1, 0.15) is 64.3 Å². The van der Waals surface area contributed by atoms with E-state index < -0.39 is 23.7 Å². The van der Waals surface area contributed by atoms with Crippen LogP contribution in [0.2, 0.25) is 0 Å². The Kier molecular flexibility index (Phi) is 7.37. The molecule has 31 heavy (non-hydrogen) atoms. The van der Waals surface area contributed by atoms with Gasteiger partial charge in [0, 0.05) is 7.05 Å². The quantitative estimate of drug-likeness (QED) is 0.652. The number of phenolic OH excluding ortho intramolecular Hbond substituents is 1. The monoisotopic (exact) mass is 427 g/mol. The molecule has 0 saturated heterocycles. The van der Waals surface area contributed by atoms with Crippen LogP contribution in [0.5, 0.6) is 5.75 Å². The van der Waals surface area contributed by atoms with E-state index in [4.69, 9.17) is 9.47 Å². The van der Waals surface area contributed by atoms with Gasteiger partial charge < -0.3 is 14.6 Å². The molecule has 168 valence electrons. The fourth-order valence-electron chi connectivity index (χ4n) is 3.09. The van der Waals surface area contributed by atoms with Crippen molar-refractivity contribution in [2.45, 2.75) is 65.2 Å². The number of rotatable bonds is 5. The van der Waals surface area contributed by atoms with Crippen molar-refractivity contribution in [3.63, 3.8) is 0 Å². The van der Waals surface area contributed by atoms with E-state index >= 15 is 0 Å². The van der Waals surface area contributed by atoms with Crippen LogP contribution in [0, 0.1) is 0 Å². The first kappa shape index (κ1) is 24.3. The maximum atomic E-state index is 13.1. The molecule has 6 nitrogen and oxygen atoms in total. The molecule has 0 bridgehead atoms. The highest BCUT2D eigenvalue weighted by Crippen LogP contribution is 2.34. The highest BCUT2D eigenvalue weighted by atomic mass is 16.6. The minimum atomic E-state index is -1.03. The Hall–Kier alpha value is -3.02. The Balaban J connectivity index is 2.40. The number of esters is 1. The van der Waals surface area contributed by atoms with E-state index in [0.717, 1.165) is 5.56 Å². The summed E-state index contributed by atoms with van der Waals surface area (Å²) >= 11 is 0. The second-order valence-corrected chi connectivity index (χ2v) is 9.61. The highest BCUT2D eigenvalue weighted by Gasteiger charge is 2.34. The number of aromatic hydroxyl groups is 1. The van der Waals surface area contributed by atoms with Crippen molar-refractivity contribution in [2.24, 2.45) is 0 Å². The second kappa shape index (κ2) is 9.41. The number of amides is 1. The minimum absolute atomic E-state index is 0.0859. The van der Waals surface area contributed by atoms with Gasteiger partial charge >= 0.3 is 12.1 Å². The zero-order valence-electron chi connectivity index (χ0n) is 19.4. The van der Waals surface area contributed by atoms with Crippen LogP contribution in [0.4, 0.5) is 4.79 Å². The summed E-state index contributed by atoms with van der Waals surface area (Å²) in [7, 11) is 1.51. The van der Waals surface area contributed by atoms with Gasteiger partial charge in [-0.05, 0) is 55.0 Å². The molecule has 0 aliphatic carbocycles. The Bertz CT molecular complexity index is 910. The fraction of sp³-hybridized carbons (Fsp3) is 0.440. The van der Waals surface area contributed by atoms with Crippen LogP contribution in [0.25, 0.3) is 0 Å². The molecule has 0 aromatic heterocycles. The van der Waals surface area contributed by atoms with Crippen molar-refractivity contribution in [2.75, 3.05) is 7.05 Å². The first-order valence-corrected chi connectivity index (χ1v) is 10.3. The van der Waals surface area contributed by atoms with Crippen molar-refractivity contribution in [3.8, 4) is 5.75 Å². The number of hydrogen-bond donors (Lipinski definition) is 1. The largest absolute Gasteiger partial charge is 0.508 e. The molecular formula is C25H33NO5. The first-order chi connectivity index (χ1) is 14.3. The molecule has 1 N–H and O–H groups in total. The van der Waals surface area contributed by atoms with Crippen LogP contribution < -0.4 is 0 Å². The average molecular weight is 428 g/mol. The SMILES string of the molecule is CN(C(=O)OC(C)(C)C)[C@H](C(=O)OCc1ccccc1)c1ccc(O)c(C(C)(C)C)c1. The van der Waals surface area contributed by atoms with Crippen molar-refractivity contribution in [1.82, 2.24) is 4.90 Å². The van der Waals surface area contributed by atoms with Crippen LogP contribution >= 0.6 is 0 Å². The average Bonchev–Trinajstić information content (AvgIpc) is 2.66. The van der Waals surface area contributed by atoms with Gasteiger partial charge in [-0.1, -0.05) is 57.2 Å². The van der Waals surface area contributed by atoms with Crippen LogP contribution in [0.3, 0.4) is 0 Å². The van der Waals surface area contributed by atoms with Crippen LogP contribution in [0.15, 0.2) is 48.5 Å². The lowest BCUT2D eigenvalue weighted by atomic mass is 9.84. The highest BCUT2D eigenvalue weighted by molar-refractivity contribution is 5.83. The predicted octanol–water partition coefficient (Wildman–Crippen LogP) is 5.34. The van der Waals surface area contributed by atoms with Gasteiger partial charge in [0.2, 0.25) is 0 Å². The van der Waals surface area contributed by atoms with Crippen LogP contribution in [-0.2, 0) is 26.3 Å². The number of carbonyl (C=O) groups is 2. The molecule has 0 aliphatic rings. The number of ether oxygens (including phenoxy) is 2. The van der Waals surface area contributed by atoms with Gasteiger partial charge in [-0.25, -0.2) is 9.59 Å². The summed E-state index contributed by atoms with van der Waals surface area (Å²) in [5, 5.41) is 10.3. The fourth-order valence-corrected chi connectivity index (χ4v) is 3.09. The number of hydrogen-bond acceptors (Lipinski definition) is 5. The third-order valence-electron chi connectivity index (χ3n) is 4.66. The predicted molar refractivity (Wildman–Crippen MR) is 120 cm³/mol. The minimum Gasteiger partial charge on any atom is -0.508 e. The molecule has 0 unspecified atom stereocenters. The summed E-state index contributed by atoms with van der Waals surface area (Å²) in [6.45, 7) is 11.3. The molecule has 0 spiro atoms. The Morgan fingerprint density at radius 2 is 1.61 bits per heavy atom. The van der Waals surface area contributed by atoms with Gasteiger partial charge in [0.15, 0.2) is 6.04 Å². The Morgan fingerprint density at radius 1 is 1.00 bits per heavy atom. The summed E-state index contributed by atoms with van der Waals surface area (Å²) in [5.74, 6) is -0.449. The smallest absolute Gasteiger partial charge is 0.411 e. The summed E-state index contributed by atoms with van der Waals surface area (Å²) in [6.07, 6.45) is -0.639. The summed E-state index contributed by atoms with van der Waals surface area (Å²) in [5.41, 5.74) is 0.978. The van der Waals surface area contributed by atoms with E-state index in [1.807, 2.05) is 51.1 Å². The standard InChI is InChI=1S/C25H33NO5/c1-24(2,3)19-15-18(13-14-20(19)27)21(26(7)23(29)31-25(4,5)6)22(28)30-16-17-11-9-8-10-12-17/h8-15,21,27H,16H2,1-7H3/t21-/m0/s1. The van der Waals surface area contributed by atoms with E-state index in [9.17, 15) is 14.7 Å². The topological polar surface area (TPSA) is 76.1 Å². The third kappa shape index (κ3) is 6.74. The Morgan fingerprint density at radius 3 is 2.16 bits per heavy atom. The van der Waals surface area contributed by atoms with E-state index in [1.165, 1.54) is 18.0 Å². The van der Waals surface area contributed by atoms with Gasteiger partial charge in [0.05, 0.1) is 0 Å². The molecule has 0 radical (unpaired) electrons. The van der Waals surface area contributed by atoms with Crippen molar-refractivity contribution < 1.29 is 24.2 Å². The lowest BCUT2D eigenvalue weighted by molar-refractivity contribution is -0.151.